The highest BCUT2D eigenvalue weighted by atomic mass is 32.1. The van der Waals surface area contributed by atoms with Gasteiger partial charge in [0, 0.05) is 62.4 Å². The van der Waals surface area contributed by atoms with Crippen LogP contribution in [-0.2, 0) is 33.6 Å². The molecule has 0 saturated heterocycles. The lowest BCUT2D eigenvalue weighted by atomic mass is 9.96. The quantitative estimate of drug-likeness (QED) is 0.159. The van der Waals surface area contributed by atoms with E-state index in [1.807, 2.05) is 92.9 Å². The molecule has 4 rings (SSSR count). The number of hydrogen-bond acceptors (Lipinski definition) is 6. The average molecular weight is 666 g/mol. The third kappa shape index (κ3) is 10.7. The van der Waals surface area contributed by atoms with Crippen molar-refractivity contribution in [3.8, 4) is 11.1 Å². The number of nitrogens with zero attached hydrogens (tertiary/aromatic N) is 3. The molecule has 252 valence electrons. The number of amides is 3. The molecule has 2 aromatic heterocycles. The van der Waals surface area contributed by atoms with Crippen LogP contribution in [-0.4, -0.2) is 70.8 Å². The number of nitrogens with two attached hydrogens (primary N) is 1. The Kier molecular flexibility index (Phi) is 12.8. The molecular weight excluding hydrogens is 619 g/mol. The van der Waals surface area contributed by atoms with Crippen molar-refractivity contribution >= 4 is 29.1 Å². The smallest absolute Gasteiger partial charge is 0.246 e. The summed E-state index contributed by atoms with van der Waals surface area (Å²) in [5, 5.41) is 5.00. The first-order valence-electron chi connectivity index (χ1n) is 16.2. The molecule has 2 atom stereocenters. The van der Waals surface area contributed by atoms with Crippen LogP contribution >= 0.6 is 11.3 Å². The summed E-state index contributed by atoms with van der Waals surface area (Å²) in [5.41, 5.74) is 10.7. The van der Waals surface area contributed by atoms with Crippen molar-refractivity contribution in [1.82, 2.24) is 20.1 Å². The molecule has 3 N–H and O–H groups in total. The maximum Gasteiger partial charge on any atom is 0.246 e. The summed E-state index contributed by atoms with van der Waals surface area (Å²) in [7, 11) is 3.31. The highest BCUT2D eigenvalue weighted by Crippen LogP contribution is 2.22. The van der Waals surface area contributed by atoms with Gasteiger partial charge in [-0.15, -0.1) is 11.3 Å². The molecule has 48 heavy (non-hydrogen) atoms. The van der Waals surface area contributed by atoms with Crippen molar-refractivity contribution in [2.45, 2.75) is 64.1 Å². The number of carbonyl (C=O) groups excluding carboxylic acids is 3. The van der Waals surface area contributed by atoms with Gasteiger partial charge in [0.2, 0.25) is 17.7 Å². The zero-order valence-electron chi connectivity index (χ0n) is 28.6. The normalized spacial score (nSPS) is 13.0. The molecule has 9 heteroatoms. The summed E-state index contributed by atoms with van der Waals surface area (Å²) in [4.78, 5) is 49.9. The number of hydrogen-bond donors (Lipinski definition) is 2. The largest absolute Gasteiger partial charge is 0.354 e. The van der Waals surface area contributed by atoms with Gasteiger partial charge in [-0.3, -0.25) is 19.4 Å². The highest BCUT2D eigenvalue weighted by Gasteiger charge is 2.35. The van der Waals surface area contributed by atoms with E-state index < -0.39 is 17.6 Å². The van der Waals surface area contributed by atoms with Gasteiger partial charge in [-0.1, -0.05) is 66.2 Å². The Balaban J connectivity index is 1.60. The maximum atomic E-state index is 14.5. The molecule has 0 spiro atoms. The van der Waals surface area contributed by atoms with Crippen LogP contribution in [0, 0.1) is 0 Å². The average Bonchev–Trinajstić information content (AvgIpc) is 3.59. The van der Waals surface area contributed by atoms with Gasteiger partial charge in [0.1, 0.15) is 12.1 Å². The van der Waals surface area contributed by atoms with Gasteiger partial charge in [-0.05, 0) is 79.4 Å². The van der Waals surface area contributed by atoms with Crippen LogP contribution in [0.15, 0.2) is 108 Å². The minimum atomic E-state index is -0.851. The van der Waals surface area contributed by atoms with Crippen molar-refractivity contribution in [1.29, 1.82) is 0 Å². The Labute approximate surface area is 288 Å². The number of aromatic nitrogens is 1. The molecule has 0 aliphatic heterocycles. The molecule has 0 unspecified atom stereocenters. The van der Waals surface area contributed by atoms with Gasteiger partial charge < -0.3 is 20.9 Å². The number of thiophene rings is 1. The number of nitrogens with one attached hydrogen (secondary N) is 1. The van der Waals surface area contributed by atoms with Gasteiger partial charge in [0.05, 0.1) is 0 Å². The van der Waals surface area contributed by atoms with Crippen LogP contribution < -0.4 is 11.1 Å². The molecule has 2 heterocycles. The fourth-order valence-corrected chi connectivity index (χ4v) is 6.47. The first-order valence-corrected chi connectivity index (χ1v) is 17.1. The molecule has 4 aromatic rings. The van der Waals surface area contributed by atoms with Crippen LogP contribution in [0.25, 0.3) is 11.1 Å². The molecule has 3 amide bonds. The molecule has 0 fully saturated rings. The zero-order valence-corrected chi connectivity index (χ0v) is 29.4. The summed E-state index contributed by atoms with van der Waals surface area (Å²) >= 11 is 1.54. The van der Waals surface area contributed by atoms with Crippen molar-refractivity contribution in [2.75, 3.05) is 20.6 Å². The lowest BCUT2D eigenvalue weighted by Crippen LogP contribution is -2.56. The standard InChI is InChI=1S/C39H47N5O3S/c1-28(27-39(2,3)40)24-36(45)43(4)35(25-30-13-15-32(16-14-30)31-10-7-6-8-11-31)38(47)44(5)34(26-33-12-9-23-48-33)37(46)42-22-19-29-17-20-41-21-18-29/h6-18,20-21,23-24,34-35H,19,22,25-27,40H2,1-5H3,(H,42,46)/b28-24+/t34-,35-/m1/s1. The lowest BCUT2D eigenvalue weighted by molar-refractivity contribution is -0.146. The Hall–Kier alpha value is -4.60. The number of carbonyl (C=O) groups is 3. The SMILES string of the molecule is C/C(=C\C(=O)N(C)[C@H](Cc1ccc(-c2ccccc2)cc1)C(=O)N(C)[C@H](Cc1cccs1)C(=O)NCCc1ccncc1)CC(C)(C)N. The molecule has 0 radical (unpaired) electrons. The van der Waals surface area contributed by atoms with Gasteiger partial charge in [0.25, 0.3) is 0 Å². The van der Waals surface area contributed by atoms with Crippen molar-refractivity contribution in [2.24, 2.45) is 5.73 Å². The van der Waals surface area contributed by atoms with Crippen LogP contribution in [0.5, 0.6) is 0 Å². The maximum absolute atomic E-state index is 14.5. The summed E-state index contributed by atoms with van der Waals surface area (Å²) in [6.45, 7) is 6.12. The van der Waals surface area contributed by atoms with E-state index in [9.17, 15) is 14.4 Å². The van der Waals surface area contributed by atoms with Crippen LogP contribution in [0.2, 0.25) is 0 Å². The third-order valence-electron chi connectivity index (χ3n) is 8.25. The lowest BCUT2D eigenvalue weighted by Gasteiger charge is -2.34. The van der Waals surface area contributed by atoms with E-state index in [-0.39, 0.29) is 24.1 Å². The van der Waals surface area contributed by atoms with Crippen molar-refractivity contribution in [3.05, 3.63) is 124 Å². The van der Waals surface area contributed by atoms with Gasteiger partial charge in [-0.25, -0.2) is 0 Å². The predicted octanol–water partition coefficient (Wildman–Crippen LogP) is 5.68. The van der Waals surface area contributed by atoms with E-state index in [1.165, 1.54) is 9.80 Å². The number of benzene rings is 2. The first-order chi connectivity index (χ1) is 22.9. The number of rotatable bonds is 15. The van der Waals surface area contributed by atoms with Crippen molar-refractivity contribution in [3.63, 3.8) is 0 Å². The Morgan fingerprint density at radius 3 is 2.15 bits per heavy atom. The number of likely N-dealkylation sites (N-methyl/N-ethyl adjacent to an activating group) is 2. The van der Waals surface area contributed by atoms with Gasteiger partial charge in [-0.2, -0.15) is 0 Å². The highest BCUT2D eigenvalue weighted by molar-refractivity contribution is 7.09. The minimum absolute atomic E-state index is 0.242. The second kappa shape index (κ2) is 17.0. The number of pyridine rings is 1. The first kappa shape index (κ1) is 36.2. The Morgan fingerprint density at radius 2 is 1.52 bits per heavy atom. The van der Waals surface area contributed by atoms with E-state index in [0.29, 0.717) is 25.8 Å². The van der Waals surface area contributed by atoms with Crippen molar-refractivity contribution < 1.29 is 14.4 Å². The topological polar surface area (TPSA) is 109 Å². The summed E-state index contributed by atoms with van der Waals surface area (Å²) in [5.74, 6) is -0.843. The Bertz CT molecular complexity index is 1650. The summed E-state index contributed by atoms with van der Waals surface area (Å²) < 4.78 is 0. The molecule has 0 bridgehead atoms. The monoisotopic (exact) mass is 665 g/mol. The molecule has 0 aliphatic carbocycles. The second-order valence-electron chi connectivity index (χ2n) is 13.0. The van der Waals surface area contributed by atoms with Crippen LogP contribution in [0.1, 0.15) is 43.2 Å². The molecule has 8 nitrogen and oxygen atoms in total. The summed E-state index contributed by atoms with van der Waals surface area (Å²) in [6, 6.07) is 24.2. The van der Waals surface area contributed by atoms with Crippen LogP contribution in [0.4, 0.5) is 0 Å². The van der Waals surface area contributed by atoms with E-state index in [2.05, 4.69) is 22.4 Å². The van der Waals surface area contributed by atoms with E-state index in [4.69, 9.17) is 5.73 Å². The third-order valence-corrected chi connectivity index (χ3v) is 9.15. The molecule has 2 aromatic carbocycles. The van der Waals surface area contributed by atoms with Gasteiger partial charge in [0.15, 0.2) is 0 Å². The fourth-order valence-electron chi connectivity index (χ4n) is 5.72. The minimum Gasteiger partial charge on any atom is -0.354 e. The molecule has 0 saturated carbocycles. The second-order valence-corrected chi connectivity index (χ2v) is 14.1. The predicted molar refractivity (Wildman–Crippen MR) is 194 cm³/mol. The van der Waals surface area contributed by atoms with Crippen LogP contribution in [0.3, 0.4) is 0 Å². The van der Waals surface area contributed by atoms with E-state index in [1.54, 1.807) is 43.9 Å². The molecular formula is C39H47N5O3S. The fraction of sp³-hybridized carbons (Fsp3) is 0.333. The zero-order chi connectivity index (χ0) is 34.7. The Morgan fingerprint density at radius 1 is 0.854 bits per heavy atom. The van der Waals surface area contributed by atoms with Gasteiger partial charge >= 0.3 is 0 Å². The van der Waals surface area contributed by atoms with E-state index in [0.717, 1.165) is 32.7 Å². The van der Waals surface area contributed by atoms with E-state index >= 15 is 0 Å². The molecule has 0 aliphatic rings. The summed E-state index contributed by atoms with van der Waals surface area (Å²) in [6.07, 6.45) is 6.83.